The summed E-state index contributed by atoms with van der Waals surface area (Å²) in [6.07, 6.45) is 11.3. The van der Waals surface area contributed by atoms with E-state index < -0.39 is 0 Å². The van der Waals surface area contributed by atoms with E-state index in [4.69, 9.17) is 0 Å². The van der Waals surface area contributed by atoms with Crippen LogP contribution in [-0.2, 0) is 11.2 Å². The van der Waals surface area contributed by atoms with E-state index in [1.807, 2.05) is 59.5 Å². The minimum atomic E-state index is -0.163. The van der Waals surface area contributed by atoms with Crippen LogP contribution >= 0.6 is 0 Å². The van der Waals surface area contributed by atoms with E-state index in [1.165, 1.54) is 5.56 Å². The molecule has 6 heteroatoms. The molecule has 2 aromatic heterocycles. The molecule has 1 aliphatic rings. The lowest BCUT2D eigenvalue weighted by Crippen LogP contribution is -2.45. The number of pyridine rings is 2. The molecule has 1 saturated heterocycles. The smallest absolute Gasteiger partial charge is 0.271 e. The number of benzene rings is 1. The van der Waals surface area contributed by atoms with Crippen molar-refractivity contribution in [3.8, 4) is 11.1 Å². The first-order valence-electron chi connectivity index (χ1n) is 10.6. The molecule has 0 unspecified atom stereocenters. The number of hydrogen-bond donors (Lipinski definition) is 2. The Morgan fingerprint density at radius 3 is 2.77 bits per heavy atom. The van der Waals surface area contributed by atoms with Gasteiger partial charge in [-0.1, -0.05) is 36.4 Å². The van der Waals surface area contributed by atoms with Crippen LogP contribution in [0.25, 0.3) is 11.1 Å². The first kappa shape index (κ1) is 20.6. The highest BCUT2D eigenvalue weighted by Gasteiger charge is 2.23. The maximum Gasteiger partial charge on any atom is 0.271 e. The number of piperidine rings is 1. The van der Waals surface area contributed by atoms with Gasteiger partial charge in [0.25, 0.3) is 5.56 Å². The zero-order valence-corrected chi connectivity index (χ0v) is 17.3. The Bertz CT molecular complexity index is 1090. The number of aromatic nitrogens is 2. The molecule has 0 saturated carbocycles. The lowest BCUT2D eigenvalue weighted by atomic mass is 10.0. The second kappa shape index (κ2) is 9.89. The third-order valence-corrected chi connectivity index (χ3v) is 5.47. The molecular weight excluding hydrogens is 388 g/mol. The second-order valence-electron chi connectivity index (χ2n) is 7.73. The van der Waals surface area contributed by atoms with E-state index in [-0.39, 0.29) is 17.5 Å². The van der Waals surface area contributed by atoms with Gasteiger partial charge in [-0.15, -0.1) is 0 Å². The largest absolute Gasteiger partial charge is 0.376 e. The summed E-state index contributed by atoms with van der Waals surface area (Å²) in [5.74, 6) is 0.0156. The van der Waals surface area contributed by atoms with Crippen LogP contribution in [0.2, 0.25) is 0 Å². The summed E-state index contributed by atoms with van der Waals surface area (Å²) in [5, 5.41) is 3.35. The normalized spacial score (nSPS) is 16.4. The average Bonchev–Trinajstić information content (AvgIpc) is 2.82. The lowest BCUT2D eigenvalue weighted by Gasteiger charge is -2.33. The number of carbonyl (C=O) groups is 1. The monoisotopic (exact) mass is 414 g/mol. The quantitative estimate of drug-likeness (QED) is 0.604. The van der Waals surface area contributed by atoms with Crippen LogP contribution in [0.4, 0.5) is 5.69 Å². The van der Waals surface area contributed by atoms with Crippen LogP contribution in [0.5, 0.6) is 0 Å². The van der Waals surface area contributed by atoms with Crippen molar-refractivity contribution in [2.45, 2.75) is 25.3 Å². The molecule has 4 rings (SSSR count). The van der Waals surface area contributed by atoms with Crippen molar-refractivity contribution in [1.29, 1.82) is 0 Å². The maximum atomic E-state index is 12.6. The van der Waals surface area contributed by atoms with Gasteiger partial charge in [0.2, 0.25) is 5.91 Å². The number of H-pyrrole nitrogens is 1. The topological polar surface area (TPSA) is 78.1 Å². The summed E-state index contributed by atoms with van der Waals surface area (Å²) in [7, 11) is 0. The third-order valence-electron chi connectivity index (χ3n) is 5.47. The van der Waals surface area contributed by atoms with E-state index in [0.717, 1.165) is 36.9 Å². The standard InChI is InChI=1S/C25H26N4O2/c30-24(10-4-8-19-6-2-1-3-7-19)29-15-5-9-22(18-29)28-23-16-21(17-27-25(23)31)20-11-13-26-14-12-20/h1-4,6-7,10-14,16-17,22,28H,5,8-9,15,18H2,(H,27,31)/t22-/m1/s1. The van der Waals surface area contributed by atoms with Gasteiger partial charge in [0.1, 0.15) is 5.69 Å². The fraction of sp³-hybridized carbons (Fsp3) is 0.240. The van der Waals surface area contributed by atoms with Crippen LogP contribution in [0, 0.1) is 0 Å². The SMILES string of the molecule is O=C(C=CCc1ccccc1)N1CCC[C@@H](Nc2cc(-c3ccncc3)c[nH]c2=O)C1. The van der Waals surface area contributed by atoms with E-state index in [1.54, 1.807) is 24.7 Å². The Morgan fingerprint density at radius 2 is 1.97 bits per heavy atom. The van der Waals surface area contributed by atoms with Crippen LogP contribution < -0.4 is 10.9 Å². The molecule has 1 aromatic carbocycles. The maximum absolute atomic E-state index is 12.6. The summed E-state index contributed by atoms with van der Waals surface area (Å²) in [4.78, 5) is 33.7. The second-order valence-corrected chi connectivity index (χ2v) is 7.73. The molecule has 0 aliphatic carbocycles. The van der Waals surface area contributed by atoms with Gasteiger partial charge in [-0.3, -0.25) is 14.6 Å². The molecule has 0 spiro atoms. The fourth-order valence-electron chi connectivity index (χ4n) is 3.83. The van der Waals surface area contributed by atoms with Crippen LogP contribution in [0.3, 0.4) is 0 Å². The lowest BCUT2D eigenvalue weighted by molar-refractivity contribution is -0.127. The molecule has 1 fully saturated rings. The first-order valence-corrected chi connectivity index (χ1v) is 10.6. The zero-order chi connectivity index (χ0) is 21.5. The fourth-order valence-corrected chi connectivity index (χ4v) is 3.83. The van der Waals surface area contributed by atoms with Gasteiger partial charge in [-0.05, 0) is 54.7 Å². The summed E-state index contributed by atoms with van der Waals surface area (Å²) in [6.45, 7) is 1.31. The van der Waals surface area contributed by atoms with Gasteiger partial charge >= 0.3 is 0 Å². The molecule has 0 bridgehead atoms. The molecule has 31 heavy (non-hydrogen) atoms. The average molecular weight is 415 g/mol. The van der Waals surface area contributed by atoms with Crippen molar-refractivity contribution in [1.82, 2.24) is 14.9 Å². The summed E-state index contributed by atoms with van der Waals surface area (Å²) in [5.41, 5.74) is 3.44. The Hall–Kier alpha value is -3.67. The van der Waals surface area contributed by atoms with Crippen molar-refractivity contribution < 1.29 is 4.79 Å². The third kappa shape index (κ3) is 5.48. The summed E-state index contributed by atoms with van der Waals surface area (Å²) >= 11 is 0. The molecule has 3 aromatic rings. The van der Waals surface area contributed by atoms with E-state index >= 15 is 0 Å². The number of nitrogens with zero attached hydrogens (tertiary/aromatic N) is 2. The zero-order valence-electron chi connectivity index (χ0n) is 17.3. The van der Waals surface area contributed by atoms with Gasteiger partial charge in [0, 0.05) is 43.3 Å². The number of aromatic amines is 1. The molecule has 0 radical (unpaired) electrons. The van der Waals surface area contributed by atoms with Crippen molar-refractivity contribution in [3.05, 3.63) is 95.2 Å². The predicted molar refractivity (Wildman–Crippen MR) is 123 cm³/mol. The molecule has 3 heterocycles. The van der Waals surface area contributed by atoms with Gasteiger partial charge in [0.05, 0.1) is 0 Å². The van der Waals surface area contributed by atoms with Crippen molar-refractivity contribution in [3.63, 3.8) is 0 Å². The Morgan fingerprint density at radius 1 is 1.16 bits per heavy atom. The van der Waals surface area contributed by atoms with Gasteiger partial charge < -0.3 is 15.2 Å². The number of rotatable bonds is 6. The Labute approximate surface area is 181 Å². The number of amides is 1. The van der Waals surface area contributed by atoms with E-state index in [0.29, 0.717) is 12.2 Å². The number of nitrogens with one attached hydrogen (secondary N) is 2. The van der Waals surface area contributed by atoms with Crippen LogP contribution in [-0.4, -0.2) is 39.9 Å². The summed E-state index contributed by atoms with van der Waals surface area (Å²) < 4.78 is 0. The minimum Gasteiger partial charge on any atom is -0.376 e. The van der Waals surface area contributed by atoms with Gasteiger partial charge in [0.15, 0.2) is 0 Å². The van der Waals surface area contributed by atoms with E-state index in [9.17, 15) is 9.59 Å². The van der Waals surface area contributed by atoms with Crippen molar-refractivity contribution >= 4 is 11.6 Å². The van der Waals surface area contributed by atoms with Crippen molar-refractivity contribution in [2.24, 2.45) is 0 Å². The number of anilines is 1. The number of likely N-dealkylation sites (tertiary alicyclic amines) is 1. The highest BCUT2D eigenvalue weighted by molar-refractivity contribution is 5.87. The number of allylic oxidation sites excluding steroid dienone is 1. The van der Waals surface area contributed by atoms with Crippen LogP contribution in [0.15, 0.2) is 84.1 Å². The Kier molecular flexibility index (Phi) is 6.57. The highest BCUT2D eigenvalue weighted by atomic mass is 16.2. The van der Waals surface area contributed by atoms with Crippen molar-refractivity contribution in [2.75, 3.05) is 18.4 Å². The minimum absolute atomic E-state index is 0.0156. The first-order chi connectivity index (χ1) is 15.2. The van der Waals surface area contributed by atoms with Gasteiger partial charge in [-0.25, -0.2) is 0 Å². The number of hydrogen-bond acceptors (Lipinski definition) is 4. The molecule has 6 nitrogen and oxygen atoms in total. The number of carbonyl (C=O) groups excluding carboxylic acids is 1. The summed E-state index contributed by atoms with van der Waals surface area (Å²) in [6, 6.07) is 15.8. The van der Waals surface area contributed by atoms with Gasteiger partial charge in [-0.2, -0.15) is 0 Å². The molecule has 1 aliphatic heterocycles. The highest BCUT2D eigenvalue weighted by Crippen LogP contribution is 2.20. The molecule has 158 valence electrons. The Balaban J connectivity index is 1.39. The molecular formula is C25H26N4O2. The predicted octanol–water partition coefficient (Wildman–Crippen LogP) is 3.64. The molecule has 1 atom stereocenters. The van der Waals surface area contributed by atoms with Crippen LogP contribution in [0.1, 0.15) is 18.4 Å². The molecule has 1 amide bonds. The molecule has 2 N–H and O–H groups in total. The van der Waals surface area contributed by atoms with E-state index in [2.05, 4.69) is 15.3 Å².